The van der Waals surface area contributed by atoms with E-state index in [0.29, 0.717) is 32.7 Å². The SMILES string of the molecule is COc1ccc(CCC(=O)N2CCC3(CC2)OCCO3)cc1Br. The molecule has 0 unspecified atom stereocenters. The normalized spacial score (nSPS) is 20.0. The molecule has 0 saturated carbocycles. The molecule has 5 nitrogen and oxygen atoms in total. The molecule has 0 aliphatic carbocycles. The standard InChI is InChI=1S/C17H22BrNO4/c1-21-15-4-2-13(12-14(15)18)3-5-16(20)19-8-6-17(7-9-19)22-10-11-23-17/h2,4,12H,3,5-11H2,1H3. The molecule has 2 aliphatic heterocycles. The molecule has 2 heterocycles. The lowest BCUT2D eigenvalue weighted by Gasteiger charge is -2.37. The highest BCUT2D eigenvalue weighted by Crippen LogP contribution is 2.31. The van der Waals surface area contributed by atoms with Crippen LogP contribution >= 0.6 is 15.9 Å². The third kappa shape index (κ3) is 3.87. The second kappa shape index (κ2) is 7.20. The Morgan fingerprint density at radius 2 is 2.00 bits per heavy atom. The lowest BCUT2D eigenvalue weighted by Crippen LogP contribution is -2.47. The van der Waals surface area contributed by atoms with Crippen molar-refractivity contribution in [3.05, 3.63) is 28.2 Å². The number of carbonyl (C=O) groups is 1. The highest BCUT2D eigenvalue weighted by molar-refractivity contribution is 9.10. The molecule has 1 aromatic carbocycles. The van der Waals surface area contributed by atoms with Gasteiger partial charge in [0.2, 0.25) is 5.91 Å². The highest BCUT2D eigenvalue weighted by atomic mass is 79.9. The number of hydrogen-bond acceptors (Lipinski definition) is 4. The Hall–Kier alpha value is -1.11. The van der Waals surface area contributed by atoms with Gasteiger partial charge in [-0.1, -0.05) is 6.07 Å². The number of piperidine rings is 1. The van der Waals surface area contributed by atoms with Crippen molar-refractivity contribution in [3.63, 3.8) is 0 Å². The van der Waals surface area contributed by atoms with Gasteiger partial charge in [0.05, 0.1) is 24.8 Å². The predicted molar refractivity (Wildman–Crippen MR) is 89.5 cm³/mol. The summed E-state index contributed by atoms with van der Waals surface area (Å²) in [7, 11) is 1.64. The number of methoxy groups -OCH3 is 1. The summed E-state index contributed by atoms with van der Waals surface area (Å²) in [6.07, 6.45) is 2.79. The van der Waals surface area contributed by atoms with Gasteiger partial charge in [-0.25, -0.2) is 0 Å². The van der Waals surface area contributed by atoms with Crippen molar-refractivity contribution >= 4 is 21.8 Å². The van der Waals surface area contributed by atoms with Crippen molar-refractivity contribution in [2.45, 2.75) is 31.5 Å². The first-order chi connectivity index (χ1) is 11.1. The Morgan fingerprint density at radius 3 is 2.61 bits per heavy atom. The van der Waals surface area contributed by atoms with Crippen LogP contribution in [0, 0.1) is 0 Å². The van der Waals surface area contributed by atoms with Crippen LogP contribution in [0.5, 0.6) is 5.75 Å². The van der Waals surface area contributed by atoms with Gasteiger partial charge >= 0.3 is 0 Å². The van der Waals surface area contributed by atoms with E-state index in [1.54, 1.807) is 7.11 Å². The molecule has 1 spiro atoms. The average molecular weight is 384 g/mol. The molecule has 2 fully saturated rings. The van der Waals surface area contributed by atoms with Gasteiger partial charge in [0.1, 0.15) is 5.75 Å². The van der Waals surface area contributed by atoms with Crippen molar-refractivity contribution in [1.29, 1.82) is 0 Å². The zero-order valence-electron chi connectivity index (χ0n) is 13.3. The molecule has 6 heteroatoms. The van der Waals surface area contributed by atoms with Gasteiger partial charge in [-0.15, -0.1) is 0 Å². The molecule has 23 heavy (non-hydrogen) atoms. The minimum atomic E-state index is -0.419. The molecule has 0 N–H and O–H groups in total. The summed E-state index contributed by atoms with van der Waals surface area (Å²) in [5.41, 5.74) is 1.13. The van der Waals surface area contributed by atoms with E-state index in [-0.39, 0.29) is 5.91 Å². The third-order valence-corrected chi connectivity index (χ3v) is 5.15. The van der Waals surface area contributed by atoms with E-state index in [2.05, 4.69) is 15.9 Å². The van der Waals surface area contributed by atoms with Crippen LogP contribution in [0.2, 0.25) is 0 Å². The Morgan fingerprint density at radius 1 is 1.30 bits per heavy atom. The lowest BCUT2D eigenvalue weighted by atomic mass is 10.0. The van der Waals surface area contributed by atoms with Crippen LogP contribution < -0.4 is 4.74 Å². The van der Waals surface area contributed by atoms with Crippen LogP contribution in [0.25, 0.3) is 0 Å². The number of carbonyl (C=O) groups excluding carboxylic acids is 1. The second-order valence-corrected chi connectivity index (χ2v) is 6.81. The molecule has 0 aromatic heterocycles. The minimum absolute atomic E-state index is 0.199. The first kappa shape index (κ1) is 16.7. The third-order valence-electron chi connectivity index (χ3n) is 4.54. The number of hydrogen-bond donors (Lipinski definition) is 0. The minimum Gasteiger partial charge on any atom is -0.496 e. The molecule has 2 saturated heterocycles. The van der Waals surface area contributed by atoms with Crippen LogP contribution in [-0.4, -0.2) is 50.0 Å². The molecule has 3 rings (SSSR count). The van der Waals surface area contributed by atoms with Gasteiger partial charge in [-0.05, 0) is 40.0 Å². The highest BCUT2D eigenvalue weighted by Gasteiger charge is 2.40. The molecule has 0 atom stereocenters. The zero-order chi connectivity index (χ0) is 16.3. The lowest BCUT2D eigenvalue weighted by molar-refractivity contribution is -0.187. The monoisotopic (exact) mass is 383 g/mol. The van der Waals surface area contributed by atoms with E-state index in [4.69, 9.17) is 14.2 Å². The van der Waals surface area contributed by atoms with Crippen molar-refractivity contribution in [2.75, 3.05) is 33.4 Å². The van der Waals surface area contributed by atoms with E-state index < -0.39 is 5.79 Å². The van der Waals surface area contributed by atoms with Gasteiger partial charge in [0, 0.05) is 32.4 Å². The number of halogens is 1. The maximum absolute atomic E-state index is 12.4. The topological polar surface area (TPSA) is 48.0 Å². The first-order valence-electron chi connectivity index (χ1n) is 8.00. The molecule has 0 radical (unpaired) electrons. The van der Waals surface area contributed by atoms with Gasteiger partial charge in [0.15, 0.2) is 5.79 Å². The van der Waals surface area contributed by atoms with Gasteiger partial charge in [-0.3, -0.25) is 4.79 Å². The number of ether oxygens (including phenoxy) is 3. The fraction of sp³-hybridized carbons (Fsp3) is 0.588. The van der Waals surface area contributed by atoms with Gasteiger partial charge in [0.25, 0.3) is 0 Å². The summed E-state index contributed by atoms with van der Waals surface area (Å²) in [6.45, 7) is 2.76. The summed E-state index contributed by atoms with van der Waals surface area (Å²) in [6, 6.07) is 5.93. The zero-order valence-corrected chi connectivity index (χ0v) is 14.9. The van der Waals surface area contributed by atoms with Crippen LogP contribution in [0.4, 0.5) is 0 Å². The Balaban J connectivity index is 1.49. The van der Waals surface area contributed by atoms with E-state index >= 15 is 0 Å². The Bertz CT molecular complexity index is 562. The maximum Gasteiger partial charge on any atom is 0.222 e. The van der Waals surface area contributed by atoms with Gasteiger partial charge < -0.3 is 19.1 Å². The predicted octanol–water partition coefficient (Wildman–Crippen LogP) is 2.76. The number of nitrogens with zero attached hydrogens (tertiary/aromatic N) is 1. The fourth-order valence-corrected chi connectivity index (χ4v) is 3.75. The van der Waals surface area contributed by atoms with E-state index in [9.17, 15) is 4.79 Å². The van der Waals surface area contributed by atoms with Crippen LogP contribution in [0.15, 0.2) is 22.7 Å². The number of benzene rings is 1. The summed E-state index contributed by atoms with van der Waals surface area (Å²) < 4.78 is 17.5. The Kier molecular flexibility index (Phi) is 5.24. The number of likely N-dealkylation sites (tertiary alicyclic amines) is 1. The van der Waals surface area contributed by atoms with Crippen LogP contribution in [0.3, 0.4) is 0 Å². The second-order valence-electron chi connectivity index (χ2n) is 5.96. The van der Waals surface area contributed by atoms with Crippen molar-refractivity contribution < 1.29 is 19.0 Å². The van der Waals surface area contributed by atoms with Gasteiger partial charge in [-0.2, -0.15) is 0 Å². The summed E-state index contributed by atoms with van der Waals surface area (Å²) >= 11 is 3.48. The summed E-state index contributed by atoms with van der Waals surface area (Å²) in [5.74, 6) is 0.584. The van der Waals surface area contributed by atoms with Crippen molar-refractivity contribution in [2.24, 2.45) is 0 Å². The first-order valence-corrected chi connectivity index (χ1v) is 8.79. The maximum atomic E-state index is 12.4. The van der Waals surface area contributed by atoms with Crippen molar-refractivity contribution in [1.82, 2.24) is 4.90 Å². The number of rotatable bonds is 4. The van der Waals surface area contributed by atoms with Crippen LogP contribution in [0.1, 0.15) is 24.8 Å². The summed E-state index contributed by atoms with van der Waals surface area (Å²) in [4.78, 5) is 14.3. The smallest absolute Gasteiger partial charge is 0.222 e. The molecule has 126 valence electrons. The number of amides is 1. The van der Waals surface area contributed by atoms with E-state index in [1.807, 2.05) is 23.1 Å². The molecule has 1 aromatic rings. The average Bonchev–Trinajstić information content (AvgIpc) is 3.01. The van der Waals surface area contributed by atoms with E-state index in [0.717, 1.165) is 35.0 Å². The van der Waals surface area contributed by atoms with E-state index in [1.165, 1.54) is 0 Å². The molecular weight excluding hydrogens is 362 g/mol. The van der Waals surface area contributed by atoms with Crippen LogP contribution in [-0.2, 0) is 20.7 Å². The fourth-order valence-electron chi connectivity index (χ4n) is 3.16. The quantitative estimate of drug-likeness (QED) is 0.801. The Labute approximate surface area is 145 Å². The number of aryl methyl sites for hydroxylation is 1. The molecule has 2 aliphatic rings. The largest absolute Gasteiger partial charge is 0.496 e. The molecular formula is C17H22BrNO4. The van der Waals surface area contributed by atoms with Crippen molar-refractivity contribution in [3.8, 4) is 5.75 Å². The molecule has 1 amide bonds. The molecule has 0 bridgehead atoms. The summed E-state index contributed by atoms with van der Waals surface area (Å²) in [5, 5.41) is 0.